The van der Waals surface area contributed by atoms with Crippen LogP contribution < -0.4 is 10.6 Å². The number of fused-ring (bicyclic) bond motifs is 1. The molecule has 1 aliphatic rings. The summed E-state index contributed by atoms with van der Waals surface area (Å²) >= 11 is 6.31. The quantitative estimate of drug-likeness (QED) is 0.237. The maximum Gasteiger partial charge on any atom is 0.416 e. The van der Waals surface area contributed by atoms with Crippen LogP contribution in [0, 0.1) is 11.6 Å². The van der Waals surface area contributed by atoms with Crippen LogP contribution in [0.4, 0.5) is 27.6 Å². The number of aromatic nitrogens is 1. The standard InChI is InChI=1S/C29H19ClF5N3O3/c1-28(41,15-4-6-36-7-5-15)16-11-21-24(25(38-27(21)40)20-13-18(31)2-3-22(20)30)23(12-16)37-26(39)14-8-17(29(33,34)35)10-19(32)9-14/h2-13,25,41H,1H3,(H,37,39)(H,38,40). The van der Waals surface area contributed by atoms with Crippen molar-refractivity contribution in [3.63, 3.8) is 0 Å². The van der Waals surface area contributed by atoms with Crippen molar-refractivity contribution in [3.05, 3.63) is 129 Å². The zero-order chi connectivity index (χ0) is 29.7. The van der Waals surface area contributed by atoms with Crippen LogP contribution in [0.3, 0.4) is 0 Å². The van der Waals surface area contributed by atoms with Crippen molar-refractivity contribution >= 4 is 29.1 Å². The highest BCUT2D eigenvalue weighted by Gasteiger charge is 2.38. The van der Waals surface area contributed by atoms with E-state index in [9.17, 15) is 36.6 Å². The van der Waals surface area contributed by atoms with Crippen molar-refractivity contribution in [1.29, 1.82) is 0 Å². The molecule has 0 bridgehead atoms. The molecule has 2 unspecified atom stereocenters. The molecule has 2 heterocycles. The molecule has 41 heavy (non-hydrogen) atoms. The molecule has 0 spiro atoms. The number of hydrogen-bond acceptors (Lipinski definition) is 4. The smallest absolute Gasteiger partial charge is 0.381 e. The van der Waals surface area contributed by atoms with Crippen LogP contribution in [0.1, 0.15) is 61.5 Å². The van der Waals surface area contributed by atoms with Crippen LogP contribution in [0.2, 0.25) is 5.02 Å². The summed E-state index contributed by atoms with van der Waals surface area (Å²) < 4.78 is 68.1. The number of halogens is 6. The van der Waals surface area contributed by atoms with Gasteiger partial charge in [-0.15, -0.1) is 0 Å². The molecule has 3 aromatic carbocycles. The molecule has 1 aliphatic heterocycles. The molecule has 0 saturated carbocycles. The molecule has 2 amide bonds. The Hall–Kier alpha value is -4.35. The molecular weight excluding hydrogens is 569 g/mol. The van der Waals surface area contributed by atoms with Crippen LogP contribution in [0.5, 0.6) is 0 Å². The maximum atomic E-state index is 14.2. The number of nitrogens with one attached hydrogen (secondary N) is 2. The molecule has 3 N–H and O–H groups in total. The normalized spacial score (nSPS) is 16.1. The van der Waals surface area contributed by atoms with Gasteiger partial charge in [0.05, 0.1) is 11.6 Å². The fourth-order valence-electron chi connectivity index (χ4n) is 4.71. The fraction of sp³-hybridized carbons (Fsp3) is 0.138. The molecule has 5 rings (SSSR count). The highest BCUT2D eigenvalue weighted by Crippen LogP contribution is 2.43. The predicted octanol–water partition coefficient (Wildman–Crippen LogP) is 6.37. The summed E-state index contributed by atoms with van der Waals surface area (Å²) in [5, 5.41) is 16.7. The second-order valence-electron chi connectivity index (χ2n) is 9.55. The molecule has 0 aliphatic carbocycles. The second-order valence-corrected chi connectivity index (χ2v) is 9.95. The van der Waals surface area contributed by atoms with Gasteiger partial charge in [0, 0.05) is 45.4 Å². The van der Waals surface area contributed by atoms with Gasteiger partial charge in [0.2, 0.25) is 0 Å². The van der Waals surface area contributed by atoms with Gasteiger partial charge in [-0.1, -0.05) is 11.6 Å². The number of carbonyl (C=O) groups excluding carboxylic acids is 2. The van der Waals surface area contributed by atoms with Crippen molar-refractivity contribution in [2.45, 2.75) is 24.7 Å². The topological polar surface area (TPSA) is 91.3 Å². The van der Waals surface area contributed by atoms with E-state index in [0.29, 0.717) is 17.7 Å². The van der Waals surface area contributed by atoms with Crippen LogP contribution in [-0.4, -0.2) is 21.9 Å². The van der Waals surface area contributed by atoms with E-state index < -0.39 is 52.4 Å². The van der Waals surface area contributed by atoms with Crippen LogP contribution >= 0.6 is 11.6 Å². The zero-order valence-corrected chi connectivity index (χ0v) is 21.7. The predicted molar refractivity (Wildman–Crippen MR) is 139 cm³/mol. The van der Waals surface area contributed by atoms with Gasteiger partial charge in [-0.3, -0.25) is 14.6 Å². The minimum atomic E-state index is -4.92. The first-order chi connectivity index (χ1) is 19.3. The van der Waals surface area contributed by atoms with E-state index in [-0.39, 0.29) is 39.0 Å². The lowest BCUT2D eigenvalue weighted by Gasteiger charge is -2.26. The number of carbonyl (C=O) groups is 2. The van der Waals surface area contributed by atoms with Crippen molar-refractivity contribution < 1.29 is 36.6 Å². The van der Waals surface area contributed by atoms with Gasteiger partial charge in [0.15, 0.2) is 0 Å². The van der Waals surface area contributed by atoms with E-state index in [2.05, 4.69) is 15.6 Å². The Bertz CT molecular complexity index is 1690. The Morgan fingerprint density at radius 1 is 0.951 bits per heavy atom. The largest absolute Gasteiger partial charge is 0.416 e. The summed E-state index contributed by atoms with van der Waals surface area (Å²) in [6, 6.07) is 9.58. The summed E-state index contributed by atoms with van der Waals surface area (Å²) in [6.07, 6.45) is -2.04. The van der Waals surface area contributed by atoms with Gasteiger partial charge >= 0.3 is 6.18 Å². The zero-order valence-electron chi connectivity index (χ0n) is 21.0. The van der Waals surface area contributed by atoms with Gasteiger partial charge in [-0.2, -0.15) is 13.2 Å². The van der Waals surface area contributed by atoms with Gasteiger partial charge in [-0.05, 0) is 78.7 Å². The average molecular weight is 588 g/mol. The van der Waals surface area contributed by atoms with E-state index in [0.717, 1.165) is 12.1 Å². The molecule has 0 fully saturated rings. The number of rotatable bonds is 5. The first kappa shape index (κ1) is 28.2. The molecule has 1 aromatic heterocycles. The highest BCUT2D eigenvalue weighted by atomic mass is 35.5. The Kier molecular flexibility index (Phi) is 7.04. The number of anilines is 1. The Labute approximate surface area is 234 Å². The number of alkyl halides is 3. The van der Waals surface area contributed by atoms with Crippen molar-refractivity contribution in [2.75, 3.05) is 5.32 Å². The molecule has 6 nitrogen and oxygen atoms in total. The Balaban J connectivity index is 1.68. The molecule has 2 atom stereocenters. The lowest BCUT2D eigenvalue weighted by atomic mass is 9.85. The van der Waals surface area contributed by atoms with E-state index in [4.69, 9.17) is 11.6 Å². The molecule has 210 valence electrons. The van der Waals surface area contributed by atoms with Crippen molar-refractivity contribution in [2.24, 2.45) is 0 Å². The lowest BCUT2D eigenvalue weighted by molar-refractivity contribution is -0.137. The minimum absolute atomic E-state index is 0.00678. The van der Waals surface area contributed by atoms with Gasteiger partial charge < -0.3 is 15.7 Å². The Morgan fingerprint density at radius 2 is 1.66 bits per heavy atom. The minimum Gasteiger partial charge on any atom is -0.381 e. The van der Waals surface area contributed by atoms with Crippen LogP contribution in [0.15, 0.2) is 73.1 Å². The summed E-state index contributed by atoms with van der Waals surface area (Å²) in [4.78, 5) is 30.3. The van der Waals surface area contributed by atoms with Gasteiger partial charge in [-0.25, -0.2) is 8.78 Å². The van der Waals surface area contributed by atoms with E-state index >= 15 is 0 Å². The van der Waals surface area contributed by atoms with E-state index in [1.165, 1.54) is 49.6 Å². The molecule has 4 aromatic rings. The van der Waals surface area contributed by atoms with Crippen LogP contribution in [-0.2, 0) is 11.8 Å². The summed E-state index contributed by atoms with van der Waals surface area (Å²) in [5.41, 5.74) is -3.06. The molecular formula is C29H19ClF5N3O3. The Morgan fingerprint density at radius 3 is 2.34 bits per heavy atom. The summed E-state index contributed by atoms with van der Waals surface area (Å²) in [6.45, 7) is 1.44. The second kappa shape index (κ2) is 10.2. The van der Waals surface area contributed by atoms with Gasteiger partial charge in [0.1, 0.15) is 17.2 Å². The molecule has 0 saturated heterocycles. The number of amides is 2. The number of nitrogens with zero attached hydrogens (tertiary/aromatic N) is 1. The number of benzene rings is 3. The van der Waals surface area contributed by atoms with Gasteiger partial charge in [0.25, 0.3) is 11.8 Å². The first-order valence-electron chi connectivity index (χ1n) is 12.0. The SMILES string of the molecule is CC(O)(c1ccncc1)c1cc(NC(=O)c2cc(F)cc(C(F)(F)F)c2)c2c(c1)C(=O)NC2c1cc(F)ccc1Cl. The summed E-state index contributed by atoms with van der Waals surface area (Å²) in [7, 11) is 0. The molecule has 12 heteroatoms. The maximum absolute atomic E-state index is 14.2. The third kappa shape index (κ3) is 5.38. The summed E-state index contributed by atoms with van der Waals surface area (Å²) in [5.74, 6) is -3.71. The number of pyridine rings is 1. The highest BCUT2D eigenvalue weighted by molar-refractivity contribution is 6.31. The third-order valence-corrected chi connectivity index (χ3v) is 7.14. The lowest BCUT2D eigenvalue weighted by Crippen LogP contribution is -2.24. The van der Waals surface area contributed by atoms with Crippen molar-refractivity contribution in [3.8, 4) is 0 Å². The fourth-order valence-corrected chi connectivity index (χ4v) is 4.94. The number of hydrogen-bond donors (Lipinski definition) is 3. The van der Waals surface area contributed by atoms with Crippen LogP contribution in [0.25, 0.3) is 0 Å². The first-order valence-corrected chi connectivity index (χ1v) is 12.4. The third-order valence-electron chi connectivity index (χ3n) is 6.80. The van der Waals surface area contributed by atoms with Crippen molar-refractivity contribution in [1.82, 2.24) is 10.3 Å². The van der Waals surface area contributed by atoms with E-state index in [1.807, 2.05) is 0 Å². The number of aliphatic hydroxyl groups is 1. The average Bonchev–Trinajstić information content (AvgIpc) is 3.26. The van der Waals surface area contributed by atoms with E-state index in [1.54, 1.807) is 0 Å². The monoisotopic (exact) mass is 587 g/mol. The molecule has 0 radical (unpaired) electrons.